The second-order valence-electron chi connectivity index (χ2n) is 9.06. The van der Waals surface area contributed by atoms with Gasteiger partial charge in [-0.1, -0.05) is 6.42 Å². The molecule has 2 aromatic rings. The van der Waals surface area contributed by atoms with Gasteiger partial charge in [-0.05, 0) is 75.2 Å². The van der Waals surface area contributed by atoms with E-state index in [1.54, 1.807) is 36.4 Å². The van der Waals surface area contributed by atoms with E-state index in [9.17, 15) is 21.6 Å². The highest BCUT2D eigenvalue weighted by molar-refractivity contribution is 7.92. The first-order valence-corrected chi connectivity index (χ1v) is 15.5. The molecule has 1 heterocycles. The van der Waals surface area contributed by atoms with Gasteiger partial charge < -0.3 is 14.8 Å². The van der Waals surface area contributed by atoms with Crippen molar-refractivity contribution in [2.45, 2.75) is 44.1 Å². The third-order valence-electron chi connectivity index (χ3n) is 5.65. The molecular formula is C25H35N3O7S2. The summed E-state index contributed by atoms with van der Waals surface area (Å²) in [5.41, 5.74) is 0.351. The van der Waals surface area contributed by atoms with Gasteiger partial charge in [-0.15, -0.1) is 0 Å². The van der Waals surface area contributed by atoms with Gasteiger partial charge in [0.15, 0.2) is 0 Å². The Morgan fingerprint density at radius 1 is 0.946 bits per heavy atom. The maximum Gasteiger partial charge on any atom is 0.243 e. The minimum Gasteiger partial charge on any atom is -0.492 e. The molecule has 0 radical (unpaired) electrons. The van der Waals surface area contributed by atoms with Gasteiger partial charge in [-0.2, -0.15) is 4.31 Å². The predicted molar refractivity (Wildman–Crippen MR) is 142 cm³/mol. The first-order chi connectivity index (χ1) is 17.5. The van der Waals surface area contributed by atoms with Gasteiger partial charge in [0.1, 0.15) is 24.7 Å². The normalized spacial score (nSPS) is 14.8. The molecular weight excluding hydrogens is 518 g/mol. The van der Waals surface area contributed by atoms with Crippen LogP contribution in [-0.4, -0.2) is 72.2 Å². The molecule has 12 heteroatoms. The summed E-state index contributed by atoms with van der Waals surface area (Å²) in [6.45, 7) is 4.74. The Labute approximate surface area is 219 Å². The van der Waals surface area contributed by atoms with Crippen LogP contribution in [0.2, 0.25) is 0 Å². The fraction of sp³-hybridized carbons (Fsp3) is 0.480. The number of carbonyl (C=O) groups excluding carboxylic acids is 1. The molecule has 1 N–H and O–H groups in total. The van der Waals surface area contributed by atoms with Crippen molar-refractivity contribution in [3.63, 3.8) is 0 Å². The summed E-state index contributed by atoms with van der Waals surface area (Å²) < 4.78 is 63.8. The topological polar surface area (TPSA) is 122 Å². The number of hydrogen-bond acceptors (Lipinski definition) is 7. The van der Waals surface area contributed by atoms with E-state index in [4.69, 9.17) is 9.47 Å². The lowest BCUT2D eigenvalue weighted by Gasteiger charge is -2.25. The van der Waals surface area contributed by atoms with Crippen LogP contribution in [0.15, 0.2) is 53.4 Å². The van der Waals surface area contributed by atoms with Gasteiger partial charge in [0, 0.05) is 13.1 Å². The zero-order valence-corrected chi connectivity index (χ0v) is 23.1. The van der Waals surface area contributed by atoms with Crippen molar-refractivity contribution in [1.29, 1.82) is 0 Å². The number of ether oxygens (including phenoxy) is 2. The minimum absolute atomic E-state index is 0.0182. The highest BCUT2D eigenvalue weighted by atomic mass is 32.2. The molecule has 1 amide bonds. The molecule has 37 heavy (non-hydrogen) atoms. The summed E-state index contributed by atoms with van der Waals surface area (Å²) in [6.07, 6.45) is 3.80. The van der Waals surface area contributed by atoms with Crippen LogP contribution in [0, 0.1) is 0 Å². The molecule has 10 nitrogen and oxygen atoms in total. The van der Waals surface area contributed by atoms with Crippen LogP contribution >= 0.6 is 0 Å². The number of carbonyl (C=O) groups is 1. The van der Waals surface area contributed by atoms with Gasteiger partial charge in [-0.25, -0.2) is 16.8 Å². The Bertz CT molecular complexity index is 1240. The SMILES string of the molecule is CC(C)Oc1ccc(N(CC(=O)NCCOc2ccc(S(=O)(=O)N3CCCCC3)cc2)S(C)(=O)=O)cc1. The molecule has 0 bridgehead atoms. The summed E-state index contributed by atoms with van der Waals surface area (Å²) >= 11 is 0. The maximum atomic E-state index is 12.7. The van der Waals surface area contributed by atoms with Crippen molar-refractivity contribution in [3.8, 4) is 11.5 Å². The highest BCUT2D eigenvalue weighted by Gasteiger charge is 2.26. The van der Waals surface area contributed by atoms with Crippen LogP contribution in [0.1, 0.15) is 33.1 Å². The number of hydrogen-bond donors (Lipinski definition) is 1. The van der Waals surface area contributed by atoms with Crippen molar-refractivity contribution in [1.82, 2.24) is 9.62 Å². The van der Waals surface area contributed by atoms with E-state index < -0.39 is 26.0 Å². The zero-order chi connectivity index (χ0) is 27.1. The monoisotopic (exact) mass is 553 g/mol. The molecule has 0 spiro atoms. The van der Waals surface area contributed by atoms with E-state index in [1.807, 2.05) is 13.8 Å². The number of nitrogens with one attached hydrogen (secondary N) is 1. The highest BCUT2D eigenvalue weighted by Crippen LogP contribution is 2.23. The summed E-state index contributed by atoms with van der Waals surface area (Å²) in [5.74, 6) is 0.582. The summed E-state index contributed by atoms with van der Waals surface area (Å²) in [7, 11) is -7.21. The van der Waals surface area contributed by atoms with Crippen LogP contribution in [-0.2, 0) is 24.8 Å². The van der Waals surface area contributed by atoms with Gasteiger partial charge in [0.25, 0.3) is 0 Å². The molecule has 0 unspecified atom stereocenters. The number of benzene rings is 2. The first kappa shape index (κ1) is 28.7. The van der Waals surface area contributed by atoms with Crippen molar-refractivity contribution in [2.24, 2.45) is 0 Å². The second-order valence-corrected chi connectivity index (χ2v) is 12.9. The van der Waals surface area contributed by atoms with Gasteiger partial charge >= 0.3 is 0 Å². The molecule has 1 saturated heterocycles. The number of rotatable bonds is 12. The van der Waals surface area contributed by atoms with Crippen molar-refractivity contribution in [2.75, 3.05) is 43.3 Å². The predicted octanol–water partition coefficient (Wildman–Crippen LogP) is 2.61. The Balaban J connectivity index is 1.49. The summed E-state index contributed by atoms with van der Waals surface area (Å²) in [6, 6.07) is 12.7. The fourth-order valence-electron chi connectivity index (χ4n) is 3.87. The standard InChI is InChI=1S/C25H35N3O7S2/c1-20(2)35-23-9-7-21(8-10-23)28(36(3,30)31)19-25(29)26-15-18-34-22-11-13-24(14-12-22)37(32,33)27-16-5-4-6-17-27/h7-14,20H,4-6,15-19H2,1-3H3,(H,26,29). The molecule has 0 saturated carbocycles. The largest absolute Gasteiger partial charge is 0.492 e. The Morgan fingerprint density at radius 2 is 1.54 bits per heavy atom. The smallest absolute Gasteiger partial charge is 0.243 e. The fourth-order valence-corrected chi connectivity index (χ4v) is 6.24. The van der Waals surface area contributed by atoms with Gasteiger partial charge in [0.2, 0.25) is 26.0 Å². The summed E-state index contributed by atoms with van der Waals surface area (Å²) in [5, 5.41) is 2.64. The Morgan fingerprint density at radius 3 is 2.11 bits per heavy atom. The Hall–Kier alpha value is -2.83. The molecule has 204 valence electrons. The molecule has 3 rings (SSSR count). The van der Waals surface area contributed by atoms with E-state index in [0.29, 0.717) is 30.3 Å². The second kappa shape index (κ2) is 12.6. The molecule has 1 aliphatic heterocycles. The van der Waals surface area contributed by atoms with Crippen LogP contribution in [0.5, 0.6) is 11.5 Å². The van der Waals surface area contributed by atoms with E-state index in [0.717, 1.165) is 29.8 Å². The van der Waals surface area contributed by atoms with Crippen molar-refractivity contribution < 1.29 is 31.1 Å². The maximum absolute atomic E-state index is 12.7. The average molecular weight is 554 g/mol. The minimum atomic E-state index is -3.70. The lowest BCUT2D eigenvalue weighted by Crippen LogP contribution is -2.41. The van der Waals surface area contributed by atoms with Crippen LogP contribution in [0.4, 0.5) is 5.69 Å². The van der Waals surface area contributed by atoms with E-state index in [2.05, 4.69) is 5.32 Å². The van der Waals surface area contributed by atoms with Crippen LogP contribution < -0.4 is 19.1 Å². The Kier molecular flexibility index (Phi) is 9.80. The first-order valence-electron chi connectivity index (χ1n) is 12.2. The summed E-state index contributed by atoms with van der Waals surface area (Å²) in [4.78, 5) is 12.7. The number of piperidine rings is 1. The molecule has 0 aromatic heterocycles. The zero-order valence-electron chi connectivity index (χ0n) is 21.4. The number of amides is 1. The van der Waals surface area contributed by atoms with Gasteiger partial charge in [-0.3, -0.25) is 9.10 Å². The average Bonchev–Trinajstić information content (AvgIpc) is 2.85. The lowest BCUT2D eigenvalue weighted by molar-refractivity contribution is -0.119. The third kappa shape index (κ3) is 8.34. The van der Waals surface area contributed by atoms with Crippen molar-refractivity contribution >= 4 is 31.6 Å². The van der Waals surface area contributed by atoms with E-state index in [1.165, 1.54) is 16.4 Å². The van der Waals surface area contributed by atoms with Crippen LogP contribution in [0.3, 0.4) is 0 Å². The van der Waals surface area contributed by atoms with E-state index >= 15 is 0 Å². The quantitative estimate of drug-likeness (QED) is 0.401. The molecule has 0 atom stereocenters. The molecule has 1 fully saturated rings. The number of nitrogens with zero attached hydrogens (tertiary/aromatic N) is 2. The van der Waals surface area contributed by atoms with E-state index in [-0.39, 0.29) is 30.7 Å². The number of sulfonamides is 2. The van der Waals surface area contributed by atoms with Crippen LogP contribution in [0.25, 0.3) is 0 Å². The molecule has 1 aliphatic rings. The van der Waals surface area contributed by atoms with Gasteiger partial charge in [0.05, 0.1) is 29.5 Å². The lowest BCUT2D eigenvalue weighted by atomic mass is 10.2. The molecule has 0 aliphatic carbocycles. The van der Waals surface area contributed by atoms with Crippen molar-refractivity contribution in [3.05, 3.63) is 48.5 Å². The molecule has 2 aromatic carbocycles. The third-order valence-corrected chi connectivity index (χ3v) is 8.71. The number of anilines is 1.